The molecule has 0 aromatic carbocycles. The third-order valence-corrected chi connectivity index (χ3v) is 4.49. The fraction of sp³-hybridized carbons (Fsp3) is 1.00. The van der Waals surface area contributed by atoms with Crippen LogP contribution in [0.3, 0.4) is 0 Å². The van der Waals surface area contributed by atoms with Gasteiger partial charge in [-0.2, -0.15) is 0 Å². The standard InChI is InChI=1S/C12H21FN2.2ClH/c13-10-8-14-6-2-11(10)15-7-1-3-12(9-15)4-5-12;;/h10-11,14H,1-9H2;2*1H. The minimum Gasteiger partial charge on any atom is -0.314 e. The van der Waals surface area contributed by atoms with Gasteiger partial charge in [-0.1, -0.05) is 0 Å². The van der Waals surface area contributed by atoms with Crippen molar-refractivity contribution in [3.8, 4) is 0 Å². The van der Waals surface area contributed by atoms with Crippen LogP contribution in [0.5, 0.6) is 0 Å². The second kappa shape index (κ2) is 6.05. The number of halogens is 3. The van der Waals surface area contributed by atoms with E-state index in [0.717, 1.165) is 19.5 Å². The summed E-state index contributed by atoms with van der Waals surface area (Å²) in [6, 6.07) is 0.212. The Kier molecular flexibility index (Phi) is 5.51. The summed E-state index contributed by atoms with van der Waals surface area (Å²) in [6.07, 6.45) is 5.82. The maximum atomic E-state index is 13.8. The average molecular weight is 285 g/mol. The molecule has 2 atom stereocenters. The number of hydrogen-bond donors (Lipinski definition) is 1. The van der Waals surface area contributed by atoms with Gasteiger partial charge in [-0.15, -0.1) is 24.8 Å². The predicted octanol–water partition coefficient (Wildman–Crippen LogP) is 2.41. The molecular weight excluding hydrogens is 262 g/mol. The smallest absolute Gasteiger partial charge is 0.128 e. The Morgan fingerprint density at radius 3 is 2.59 bits per heavy atom. The van der Waals surface area contributed by atoms with E-state index in [-0.39, 0.29) is 30.9 Å². The van der Waals surface area contributed by atoms with E-state index in [2.05, 4.69) is 10.2 Å². The van der Waals surface area contributed by atoms with Gasteiger partial charge < -0.3 is 5.32 Å². The lowest BCUT2D eigenvalue weighted by Gasteiger charge is -2.41. The summed E-state index contributed by atoms with van der Waals surface area (Å²) in [6.45, 7) is 3.87. The molecule has 0 aromatic rings. The van der Waals surface area contributed by atoms with Crippen LogP contribution in [0.4, 0.5) is 4.39 Å². The zero-order valence-corrected chi connectivity index (χ0v) is 11.8. The molecule has 1 N–H and O–H groups in total. The number of likely N-dealkylation sites (tertiary alicyclic amines) is 1. The van der Waals surface area contributed by atoms with Crippen molar-refractivity contribution in [2.75, 3.05) is 26.2 Å². The van der Waals surface area contributed by atoms with Crippen molar-refractivity contribution in [2.45, 2.75) is 44.3 Å². The first-order valence-electron chi connectivity index (χ1n) is 6.38. The van der Waals surface area contributed by atoms with E-state index in [1.54, 1.807) is 0 Å². The fourth-order valence-electron chi connectivity index (χ4n) is 3.33. The number of piperidine rings is 2. The monoisotopic (exact) mass is 284 g/mol. The van der Waals surface area contributed by atoms with Gasteiger partial charge in [-0.05, 0) is 50.6 Å². The van der Waals surface area contributed by atoms with Gasteiger partial charge in [0.15, 0.2) is 0 Å². The number of hydrogen-bond acceptors (Lipinski definition) is 2. The van der Waals surface area contributed by atoms with Gasteiger partial charge in [-0.3, -0.25) is 4.90 Å². The quantitative estimate of drug-likeness (QED) is 0.796. The number of nitrogens with one attached hydrogen (secondary N) is 1. The third kappa shape index (κ3) is 3.25. The van der Waals surface area contributed by atoms with Crippen LogP contribution < -0.4 is 5.32 Å². The number of rotatable bonds is 1. The first-order valence-corrected chi connectivity index (χ1v) is 6.38. The molecule has 1 saturated carbocycles. The molecule has 17 heavy (non-hydrogen) atoms. The molecule has 3 rings (SSSR count). The summed E-state index contributed by atoms with van der Waals surface area (Å²) < 4.78 is 13.8. The van der Waals surface area contributed by atoms with Crippen molar-refractivity contribution in [3.05, 3.63) is 0 Å². The molecule has 1 spiro atoms. The van der Waals surface area contributed by atoms with E-state index in [1.807, 2.05) is 0 Å². The summed E-state index contributed by atoms with van der Waals surface area (Å²) in [5.74, 6) is 0. The summed E-state index contributed by atoms with van der Waals surface area (Å²) >= 11 is 0. The van der Waals surface area contributed by atoms with Crippen molar-refractivity contribution in [2.24, 2.45) is 5.41 Å². The van der Waals surface area contributed by atoms with E-state index < -0.39 is 6.17 Å². The minimum absolute atomic E-state index is 0. The second-order valence-corrected chi connectivity index (χ2v) is 5.65. The van der Waals surface area contributed by atoms with Gasteiger partial charge in [0.2, 0.25) is 0 Å². The third-order valence-electron chi connectivity index (χ3n) is 4.49. The van der Waals surface area contributed by atoms with Crippen LogP contribution in [0.25, 0.3) is 0 Å². The molecule has 5 heteroatoms. The van der Waals surface area contributed by atoms with Gasteiger partial charge in [0.05, 0.1) is 0 Å². The highest BCUT2D eigenvalue weighted by Gasteiger charge is 2.47. The van der Waals surface area contributed by atoms with Crippen molar-refractivity contribution in [1.82, 2.24) is 10.2 Å². The summed E-state index contributed by atoms with van der Waals surface area (Å²) in [4.78, 5) is 2.45. The van der Waals surface area contributed by atoms with E-state index in [4.69, 9.17) is 0 Å². The number of alkyl halides is 1. The van der Waals surface area contributed by atoms with Crippen LogP contribution in [0.1, 0.15) is 32.1 Å². The lowest BCUT2D eigenvalue weighted by molar-refractivity contribution is 0.0440. The zero-order valence-electron chi connectivity index (χ0n) is 10.2. The van der Waals surface area contributed by atoms with Crippen LogP contribution in [0.15, 0.2) is 0 Å². The van der Waals surface area contributed by atoms with Crippen LogP contribution >= 0.6 is 24.8 Å². The van der Waals surface area contributed by atoms with Gasteiger partial charge in [0, 0.05) is 19.1 Å². The lowest BCUT2D eigenvalue weighted by Crippen LogP contribution is -2.54. The molecule has 2 nitrogen and oxygen atoms in total. The minimum atomic E-state index is -0.646. The largest absolute Gasteiger partial charge is 0.314 e. The molecule has 3 fully saturated rings. The van der Waals surface area contributed by atoms with Crippen LogP contribution in [0, 0.1) is 5.41 Å². The Balaban J connectivity index is 0.000000722. The first-order chi connectivity index (χ1) is 7.29. The molecule has 2 heterocycles. The van der Waals surface area contributed by atoms with E-state index in [0.29, 0.717) is 12.0 Å². The molecule has 3 aliphatic rings. The summed E-state index contributed by atoms with van der Waals surface area (Å²) in [7, 11) is 0. The van der Waals surface area contributed by atoms with Gasteiger partial charge in [-0.25, -0.2) is 4.39 Å². The molecule has 1 aliphatic carbocycles. The molecule has 2 aliphatic heterocycles. The Bertz CT molecular complexity index is 249. The fourth-order valence-corrected chi connectivity index (χ4v) is 3.33. The van der Waals surface area contributed by atoms with Crippen LogP contribution in [-0.2, 0) is 0 Å². The Morgan fingerprint density at radius 1 is 1.18 bits per heavy atom. The number of nitrogens with zero attached hydrogens (tertiary/aromatic N) is 1. The molecule has 0 aromatic heterocycles. The summed E-state index contributed by atoms with van der Waals surface area (Å²) in [5, 5.41) is 3.14. The van der Waals surface area contributed by atoms with Gasteiger partial charge >= 0.3 is 0 Å². The van der Waals surface area contributed by atoms with E-state index in [9.17, 15) is 4.39 Å². The second-order valence-electron chi connectivity index (χ2n) is 5.65. The molecule has 102 valence electrons. The van der Waals surface area contributed by atoms with Crippen molar-refractivity contribution in [1.29, 1.82) is 0 Å². The topological polar surface area (TPSA) is 15.3 Å². The lowest BCUT2D eigenvalue weighted by atomic mass is 9.91. The molecule has 0 radical (unpaired) electrons. The molecule has 2 saturated heterocycles. The normalized spacial score (nSPS) is 35.8. The molecular formula is C12H23Cl2FN2. The molecule has 0 bridgehead atoms. The first kappa shape index (κ1) is 15.5. The Hall–Kier alpha value is 0.430. The van der Waals surface area contributed by atoms with E-state index >= 15 is 0 Å². The highest BCUT2D eigenvalue weighted by atomic mass is 35.5. The van der Waals surface area contributed by atoms with Gasteiger partial charge in [0.1, 0.15) is 6.17 Å². The Labute approximate surface area is 116 Å². The zero-order chi connectivity index (χ0) is 10.3. The highest BCUT2D eigenvalue weighted by molar-refractivity contribution is 5.85. The SMILES string of the molecule is Cl.Cl.FC1CNCCC1N1CCCC2(CC2)C1. The van der Waals surface area contributed by atoms with Crippen molar-refractivity contribution >= 4 is 24.8 Å². The van der Waals surface area contributed by atoms with Crippen LogP contribution in [0.2, 0.25) is 0 Å². The van der Waals surface area contributed by atoms with E-state index in [1.165, 1.54) is 32.2 Å². The molecule has 0 amide bonds. The maximum Gasteiger partial charge on any atom is 0.128 e. The average Bonchev–Trinajstić information content (AvgIpc) is 2.98. The predicted molar refractivity (Wildman–Crippen MR) is 73.1 cm³/mol. The Morgan fingerprint density at radius 2 is 1.94 bits per heavy atom. The van der Waals surface area contributed by atoms with Crippen molar-refractivity contribution < 1.29 is 4.39 Å². The van der Waals surface area contributed by atoms with Crippen LogP contribution in [-0.4, -0.2) is 43.3 Å². The highest BCUT2D eigenvalue weighted by Crippen LogP contribution is 2.52. The van der Waals surface area contributed by atoms with Gasteiger partial charge in [0.25, 0.3) is 0 Å². The maximum absolute atomic E-state index is 13.8. The summed E-state index contributed by atoms with van der Waals surface area (Å²) in [5.41, 5.74) is 0.628. The van der Waals surface area contributed by atoms with Crippen molar-refractivity contribution in [3.63, 3.8) is 0 Å². The molecule has 2 unspecified atom stereocenters.